The molecule has 0 unspecified atom stereocenters. The highest BCUT2D eigenvalue weighted by Crippen LogP contribution is 2.39. The zero-order chi connectivity index (χ0) is 23.5. The van der Waals surface area contributed by atoms with Crippen LogP contribution in [0.15, 0.2) is 24.3 Å². The van der Waals surface area contributed by atoms with E-state index in [1.54, 1.807) is 0 Å². The maximum atomic E-state index is 11.5. The van der Waals surface area contributed by atoms with Crippen molar-refractivity contribution in [2.75, 3.05) is 0 Å². The average Bonchev–Trinajstić information content (AvgIpc) is 2.78. The summed E-state index contributed by atoms with van der Waals surface area (Å²) in [5, 5.41) is 9.38. The summed E-state index contributed by atoms with van der Waals surface area (Å²) >= 11 is 0. The maximum Gasteiger partial charge on any atom is 0.511 e. The first-order chi connectivity index (χ1) is 15.5. The van der Waals surface area contributed by atoms with Gasteiger partial charge in [0.15, 0.2) is 0 Å². The highest BCUT2D eigenvalue weighted by Gasteiger charge is 2.21. The molecule has 176 valence electrons. The smallest absolute Gasteiger partial charge is 0.449 e. The van der Waals surface area contributed by atoms with Crippen molar-refractivity contribution in [1.82, 2.24) is 0 Å². The third kappa shape index (κ3) is 6.37. The molecule has 2 rings (SSSR count). The summed E-state index contributed by atoms with van der Waals surface area (Å²) in [6.45, 7) is 10.9. The van der Waals surface area contributed by atoms with E-state index in [9.17, 15) is 9.90 Å². The van der Waals surface area contributed by atoms with Crippen LogP contribution in [0.1, 0.15) is 101 Å². The van der Waals surface area contributed by atoms with Crippen LogP contribution in [0, 0.1) is 0 Å². The molecule has 1 N–H and O–H groups in total. The lowest BCUT2D eigenvalue weighted by Gasteiger charge is -2.23. The number of hydrogen-bond donors (Lipinski definition) is 1. The molecule has 0 aliphatic carbocycles. The van der Waals surface area contributed by atoms with Crippen molar-refractivity contribution in [1.29, 1.82) is 0 Å². The van der Waals surface area contributed by atoms with Crippen molar-refractivity contribution in [3.05, 3.63) is 52.1 Å². The van der Waals surface area contributed by atoms with Crippen molar-refractivity contribution in [2.24, 2.45) is 0 Å². The van der Waals surface area contributed by atoms with Gasteiger partial charge in [0, 0.05) is 0 Å². The molecule has 0 aliphatic rings. The molecule has 0 atom stereocenters. The van der Waals surface area contributed by atoms with E-state index in [0.717, 1.165) is 43.2 Å². The largest absolute Gasteiger partial charge is 0.511 e. The van der Waals surface area contributed by atoms with Crippen LogP contribution in [0.4, 0.5) is 4.79 Å². The van der Waals surface area contributed by atoms with Gasteiger partial charge in [0.25, 0.3) is 0 Å². The Kier molecular flexibility index (Phi) is 10.8. The van der Waals surface area contributed by atoms with Gasteiger partial charge in [-0.2, -0.15) is 0 Å². The number of benzene rings is 2. The van der Waals surface area contributed by atoms with Gasteiger partial charge in [-0.1, -0.05) is 78.5 Å². The summed E-state index contributed by atoms with van der Waals surface area (Å²) in [6, 6.07) is 8.70. The highest BCUT2D eigenvalue weighted by atomic mass is 16.7. The number of ether oxygens (including phenoxy) is 1. The van der Waals surface area contributed by atoms with Crippen molar-refractivity contribution in [2.45, 2.75) is 105 Å². The third-order valence-electron chi connectivity index (χ3n) is 6.53. The second kappa shape index (κ2) is 13.3. The summed E-state index contributed by atoms with van der Waals surface area (Å²) in [5.74, 6) is 0.500. The Morgan fingerprint density at radius 1 is 0.750 bits per heavy atom. The molecule has 0 saturated heterocycles. The van der Waals surface area contributed by atoms with E-state index in [-0.39, 0.29) is 0 Å². The maximum absolute atomic E-state index is 11.5. The van der Waals surface area contributed by atoms with E-state index in [4.69, 9.17) is 4.74 Å². The highest BCUT2D eigenvalue weighted by molar-refractivity contribution is 5.77. The Labute approximate surface area is 195 Å². The molecule has 0 heterocycles. The van der Waals surface area contributed by atoms with Crippen molar-refractivity contribution < 1.29 is 14.6 Å². The van der Waals surface area contributed by atoms with Crippen molar-refractivity contribution >= 4 is 6.16 Å². The molecule has 0 radical (unpaired) electrons. The van der Waals surface area contributed by atoms with Gasteiger partial charge >= 0.3 is 6.16 Å². The summed E-state index contributed by atoms with van der Waals surface area (Å²) in [6.07, 6.45) is 10.8. The molecule has 0 amide bonds. The van der Waals surface area contributed by atoms with Gasteiger partial charge in [0.05, 0.1) is 0 Å². The third-order valence-corrected chi connectivity index (χ3v) is 6.53. The van der Waals surface area contributed by atoms with Gasteiger partial charge in [-0.3, -0.25) is 0 Å². The fraction of sp³-hybridized carbons (Fsp3) is 0.552. The Balaban J connectivity index is 2.72. The zero-order valence-corrected chi connectivity index (χ0v) is 20.9. The summed E-state index contributed by atoms with van der Waals surface area (Å²) < 4.78 is 5.31. The van der Waals surface area contributed by atoms with Gasteiger partial charge < -0.3 is 9.84 Å². The summed E-state index contributed by atoms with van der Waals surface area (Å²) in [5.41, 5.74) is 8.93. The van der Waals surface area contributed by atoms with Gasteiger partial charge in [-0.15, -0.1) is 0 Å². The number of aryl methyl sites for hydroxylation is 1. The van der Waals surface area contributed by atoms with Gasteiger partial charge in [0.1, 0.15) is 5.75 Å². The molecule has 32 heavy (non-hydrogen) atoms. The molecule has 0 spiro atoms. The van der Waals surface area contributed by atoms with Gasteiger partial charge in [0.2, 0.25) is 0 Å². The number of rotatable bonds is 13. The quantitative estimate of drug-likeness (QED) is 0.193. The Morgan fingerprint density at radius 2 is 1.38 bits per heavy atom. The molecule has 0 saturated carbocycles. The lowest BCUT2D eigenvalue weighted by atomic mass is 9.83. The molecule has 2 aromatic rings. The summed E-state index contributed by atoms with van der Waals surface area (Å²) in [4.78, 5) is 11.5. The van der Waals surface area contributed by atoms with Crippen LogP contribution in [-0.2, 0) is 32.1 Å². The van der Waals surface area contributed by atoms with Crippen LogP contribution in [0.3, 0.4) is 0 Å². The SMILES string of the molecule is CCCCCc1cccc(-c2cc(OC(=O)O)c(CC)c(CC)c2CC)c1CCCCC. The van der Waals surface area contributed by atoms with Gasteiger partial charge in [-0.25, -0.2) is 4.79 Å². The monoisotopic (exact) mass is 438 g/mol. The molecule has 0 fully saturated rings. The average molecular weight is 439 g/mol. The fourth-order valence-electron chi connectivity index (χ4n) is 4.98. The first-order valence-corrected chi connectivity index (χ1v) is 12.7. The van der Waals surface area contributed by atoms with Crippen LogP contribution < -0.4 is 4.74 Å². The molecule has 3 heteroatoms. The van der Waals surface area contributed by atoms with E-state index >= 15 is 0 Å². The first kappa shape index (κ1) is 26.0. The van der Waals surface area contributed by atoms with E-state index in [0.29, 0.717) is 5.75 Å². The van der Waals surface area contributed by atoms with Gasteiger partial charge in [-0.05, 0) is 90.0 Å². The Morgan fingerprint density at radius 3 is 1.94 bits per heavy atom. The lowest BCUT2D eigenvalue weighted by molar-refractivity contribution is 0.144. The molecule has 0 aliphatic heterocycles. The normalized spacial score (nSPS) is 11.0. The fourth-order valence-corrected chi connectivity index (χ4v) is 4.98. The lowest BCUT2D eigenvalue weighted by Crippen LogP contribution is -2.10. The predicted molar refractivity (Wildman–Crippen MR) is 135 cm³/mol. The number of carbonyl (C=O) groups is 1. The summed E-state index contributed by atoms with van der Waals surface area (Å²) in [7, 11) is 0. The standard InChI is InChI=1S/C29H42O3/c1-6-11-13-16-21-17-15-19-26(25(21)18-14-12-7-2)27-20-28(32-29(30)31)24(10-5)22(8-3)23(27)9-4/h15,17,19-20H,6-14,16,18H2,1-5H3,(H,30,31). The second-order valence-corrected chi connectivity index (χ2v) is 8.64. The first-order valence-electron chi connectivity index (χ1n) is 12.7. The Hall–Kier alpha value is -2.29. The number of carboxylic acid groups (broad SMARTS) is 1. The predicted octanol–water partition coefficient (Wildman–Crippen LogP) is 8.56. The minimum Gasteiger partial charge on any atom is -0.449 e. The molecule has 2 aromatic carbocycles. The Bertz CT molecular complexity index is 882. The van der Waals surface area contributed by atoms with Crippen LogP contribution >= 0.6 is 0 Å². The minimum absolute atomic E-state index is 0.500. The minimum atomic E-state index is -1.24. The zero-order valence-electron chi connectivity index (χ0n) is 20.9. The van der Waals surface area contributed by atoms with E-state index in [2.05, 4.69) is 52.8 Å². The molecular weight excluding hydrogens is 396 g/mol. The number of hydrogen-bond acceptors (Lipinski definition) is 2. The molecule has 0 aromatic heterocycles. The van der Waals surface area contributed by atoms with E-state index in [1.165, 1.54) is 66.3 Å². The molecular formula is C29H42O3. The van der Waals surface area contributed by atoms with Crippen LogP contribution in [0.5, 0.6) is 5.75 Å². The van der Waals surface area contributed by atoms with Crippen LogP contribution in [0.2, 0.25) is 0 Å². The molecule has 3 nitrogen and oxygen atoms in total. The van der Waals surface area contributed by atoms with E-state index < -0.39 is 6.16 Å². The number of unbranched alkanes of at least 4 members (excludes halogenated alkanes) is 4. The van der Waals surface area contributed by atoms with Crippen LogP contribution in [-0.4, -0.2) is 11.3 Å². The topological polar surface area (TPSA) is 46.5 Å². The van der Waals surface area contributed by atoms with E-state index in [1.807, 2.05) is 6.07 Å². The van der Waals surface area contributed by atoms with Crippen LogP contribution in [0.25, 0.3) is 11.1 Å². The van der Waals surface area contributed by atoms with Crippen molar-refractivity contribution in [3.8, 4) is 16.9 Å². The second-order valence-electron chi connectivity index (χ2n) is 8.64. The van der Waals surface area contributed by atoms with Crippen molar-refractivity contribution in [3.63, 3.8) is 0 Å². The molecule has 0 bridgehead atoms.